The van der Waals surface area contributed by atoms with Gasteiger partial charge in [-0.05, 0) is 18.2 Å². The van der Waals surface area contributed by atoms with Gasteiger partial charge >= 0.3 is 11.3 Å². The molecule has 4 atom stereocenters. The van der Waals surface area contributed by atoms with Gasteiger partial charge < -0.3 is 4.74 Å². The van der Waals surface area contributed by atoms with E-state index in [4.69, 9.17) is 4.74 Å². The highest BCUT2D eigenvalue weighted by molar-refractivity contribution is 7.91. The molecule has 0 saturated carbocycles. The van der Waals surface area contributed by atoms with E-state index in [9.17, 15) is 23.3 Å². The second-order valence-electron chi connectivity index (χ2n) is 5.32. The molecular formula is C14H13NO6S. The molecule has 0 aromatic heterocycles. The Morgan fingerprint density at radius 1 is 1.23 bits per heavy atom. The van der Waals surface area contributed by atoms with Crippen LogP contribution in [-0.2, 0) is 19.4 Å². The Balaban J connectivity index is 2.00. The molecule has 0 spiro atoms. The highest BCUT2D eigenvalue weighted by Gasteiger charge is 2.53. The lowest BCUT2D eigenvalue weighted by Gasteiger charge is -2.20. The molecule has 7 nitrogen and oxygen atoms in total. The van der Waals surface area contributed by atoms with Gasteiger partial charge in [0.2, 0.25) is 9.84 Å². The van der Waals surface area contributed by atoms with Crippen LogP contribution in [0.2, 0.25) is 0 Å². The number of fused-ring (bicyclic) bond motifs is 1. The Bertz CT molecular complexity index is 742. The van der Waals surface area contributed by atoms with Crippen molar-refractivity contribution in [2.45, 2.75) is 22.8 Å². The van der Waals surface area contributed by atoms with Gasteiger partial charge in [0.05, 0.1) is 17.2 Å². The van der Waals surface area contributed by atoms with Crippen LogP contribution in [0, 0.1) is 22.0 Å². The smallest absolute Gasteiger partial charge is 0.321 e. The minimum Gasteiger partial charge on any atom is -0.458 e. The number of hydrogen-bond acceptors (Lipinski definition) is 6. The maximum absolute atomic E-state index is 12.6. The summed E-state index contributed by atoms with van der Waals surface area (Å²) in [7, 11) is -4.16. The van der Waals surface area contributed by atoms with Gasteiger partial charge in [0.1, 0.15) is 6.10 Å². The average molecular weight is 323 g/mol. The third-order valence-electron chi connectivity index (χ3n) is 4.04. The molecule has 1 heterocycles. The Kier molecular flexibility index (Phi) is 3.48. The number of esters is 1. The normalized spacial score (nSPS) is 28.2. The molecule has 1 aliphatic carbocycles. The van der Waals surface area contributed by atoms with Crippen molar-refractivity contribution in [3.63, 3.8) is 0 Å². The second-order valence-corrected chi connectivity index (χ2v) is 7.36. The Morgan fingerprint density at radius 2 is 1.91 bits per heavy atom. The van der Waals surface area contributed by atoms with Crippen molar-refractivity contribution in [2.75, 3.05) is 0 Å². The van der Waals surface area contributed by atoms with E-state index in [0.717, 1.165) is 0 Å². The number of benzene rings is 1. The first-order chi connectivity index (χ1) is 10.4. The SMILES string of the molecule is O=C1C[C@H]2[C@H](C=C[C@@H]2C([N+](=O)[O-])S(=O)(=O)c2ccccc2)O1. The van der Waals surface area contributed by atoms with Gasteiger partial charge in [-0.15, -0.1) is 0 Å². The first kappa shape index (κ1) is 14.7. The zero-order valence-electron chi connectivity index (χ0n) is 11.4. The van der Waals surface area contributed by atoms with E-state index < -0.39 is 44.0 Å². The van der Waals surface area contributed by atoms with Gasteiger partial charge in [-0.3, -0.25) is 14.9 Å². The lowest BCUT2D eigenvalue weighted by atomic mass is 9.92. The Hall–Kier alpha value is -2.22. The second kappa shape index (κ2) is 5.20. The number of carbonyl (C=O) groups excluding carboxylic acids is 1. The highest BCUT2D eigenvalue weighted by Crippen LogP contribution is 2.41. The molecule has 0 N–H and O–H groups in total. The van der Waals surface area contributed by atoms with Crippen LogP contribution in [0.5, 0.6) is 0 Å². The van der Waals surface area contributed by atoms with Crippen molar-refractivity contribution in [2.24, 2.45) is 11.8 Å². The molecule has 22 heavy (non-hydrogen) atoms. The lowest BCUT2D eigenvalue weighted by Crippen LogP contribution is -2.39. The molecule has 1 fully saturated rings. The van der Waals surface area contributed by atoms with Crippen molar-refractivity contribution in [1.29, 1.82) is 0 Å². The summed E-state index contributed by atoms with van der Waals surface area (Å²) in [6.45, 7) is 0. The summed E-state index contributed by atoms with van der Waals surface area (Å²) in [5.74, 6) is -1.83. The predicted octanol–water partition coefficient (Wildman–Crippen LogP) is 1.18. The largest absolute Gasteiger partial charge is 0.458 e. The molecular weight excluding hydrogens is 310 g/mol. The number of ether oxygens (including phenoxy) is 1. The molecule has 116 valence electrons. The van der Waals surface area contributed by atoms with Crippen LogP contribution < -0.4 is 0 Å². The van der Waals surface area contributed by atoms with Crippen molar-refractivity contribution in [1.82, 2.24) is 0 Å². The summed E-state index contributed by atoms with van der Waals surface area (Å²) < 4.78 is 30.3. The van der Waals surface area contributed by atoms with E-state index in [1.165, 1.54) is 36.4 Å². The minimum atomic E-state index is -4.16. The first-order valence-electron chi connectivity index (χ1n) is 6.71. The number of carbonyl (C=O) groups is 1. The minimum absolute atomic E-state index is 0.00299. The number of nitro groups is 1. The van der Waals surface area contributed by atoms with Crippen LogP contribution in [0.1, 0.15) is 6.42 Å². The van der Waals surface area contributed by atoms with E-state index in [2.05, 4.69) is 0 Å². The fourth-order valence-corrected chi connectivity index (χ4v) is 4.78. The molecule has 8 heteroatoms. The molecule has 1 saturated heterocycles. The van der Waals surface area contributed by atoms with Crippen LogP contribution in [0.4, 0.5) is 0 Å². The van der Waals surface area contributed by atoms with E-state index in [1.807, 2.05) is 0 Å². The summed E-state index contributed by atoms with van der Waals surface area (Å²) >= 11 is 0. The molecule has 2 aliphatic rings. The number of hydrogen-bond donors (Lipinski definition) is 0. The summed E-state index contributed by atoms with van der Waals surface area (Å²) in [4.78, 5) is 21.9. The average Bonchev–Trinajstić information content (AvgIpc) is 3.00. The van der Waals surface area contributed by atoms with Gasteiger partial charge in [-0.1, -0.05) is 24.3 Å². The number of sulfone groups is 1. The third-order valence-corrected chi connectivity index (χ3v) is 6.09. The van der Waals surface area contributed by atoms with E-state index in [1.54, 1.807) is 6.07 Å². The topological polar surface area (TPSA) is 104 Å². The zero-order chi connectivity index (χ0) is 15.9. The van der Waals surface area contributed by atoms with E-state index >= 15 is 0 Å². The fraction of sp³-hybridized carbons (Fsp3) is 0.357. The predicted molar refractivity (Wildman–Crippen MR) is 75.0 cm³/mol. The van der Waals surface area contributed by atoms with Crippen LogP contribution in [0.3, 0.4) is 0 Å². The van der Waals surface area contributed by atoms with E-state index in [-0.39, 0.29) is 11.3 Å². The summed E-state index contributed by atoms with van der Waals surface area (Å²) in [6, 6.07) is 7.32. The Morgan fingerprint density at radius 3 is 2.55 bits per heavy atom. The van der Waals surface area contributed by atoms with E-state index in [0.29, 0.717) is 0 Å². The standard InChI is InChI=1S/C14H13NO6S/c16-13-8-11-10(6-7-12(11)21-13)14(15(17)18)22(19,20)9-4-2-1-3-5-9/h1-7,10-12,14H,8H2/t10-,11+,12-,14?/m0/s1. The maximum atomic E-state index is 12.6. The monoisotopic (exact) mass is 323 g/mol. The molecule has 3 rings (SSSR count). The third kappa shape index (κ3) is 2.29. The van der Waals surface area contributed by atoms with Crippen molar-refractivity contribution >= 4 is 15.8 Å². The molecule has 1 aliphatic heterocycles. The van der Waals surface area contributed by atoms with Gasteiger partial charge in [0, 0.05) is 10.8 Å². The van der Waals surface area contributed by atoms with Crippen molar-refractivity contribution in [3.8, 4) is 0 Å². The summed E-state index contributed by atoms with van der Waals surface area (Å²) in [5, 5.41) is 9.62. The molecule has 0 amide bonds. The van der Waals surface area contributed by atoms with Gasteiger partial charge in [-0.25, -0.2) is 8.42 Å². The Labute approximate surface area is 126 Å². The zero-order valence-corrected chi connectivity index (χ0v) is 12.2. The van der Waals surface area contributed by atoms with Gasteiger partial charge in [-0.2, -0.15) is 0 Å². The van der Waals surface area contributed by atoms with Crippen LogP contribution in [-0.4, -0.2) is 30.8 Å². The van der Waals surface area contributed by atoms with Crippen LogP contribution in [0.15, 0.2) is 47.4 Å². The molecule has 1 aromatic carbocycles. The molecule has 1 aromatic rings. The maximum Gasteiger partial charge on any atom is 0.321 e. The van der Waals surface area contributed by atoms with Gasteiger partial charge in [0.25, 0.3) is 0 Å². The summed E-state index contributed by atoms with van der Waals surface area (Å²) in [6.07, 6.45) is 2.45. The van der Waals surface area contributed by atoms with Crippen LogP contribution in [0.25, 0.3) is 0 Å². The molecule has 0 radical (unpaired) electrons. The number of rotatable bonds is 4. The quantitative estimate of drug-likeness (QED) is 0.357. The summed E-state index contributed by atoms with van der Waals surface area (Å²) in [5.41, 5.74) is 0. The molecule has 1 unspecified atom stereocenters. The van der Waals surface area contributed by atoms with Gasteiger partial charge in [0.15, 0.2) is 0 Å². The fourth-order valence-electron chi connectivity index (χ4n) is 3.03. The number of nitrogens with zero attached hydrogens (tertiary/aromatic N) is 1. The van der Waals surface area contributed by atoms with Crippen LogP contribution >= 0.6 is 0 Å². The first-order valence-corrected chi connectivity index (χ1v) is 8.26. The van der Waals surface area contributed by atoms with Crippen molar-refractivity contribution in [3.05, 3.63) is 52.6 Å². The lowest BCUT2D eigenvalue weighted by molar-refractivity contribution is -0.505. The highest BCUT2D eigenvalue weighted by atomic mass is 32.2. The molecule has 0 bridgehead atoms. The van der Waals surface area contributed by atoms with Crippen molar-refractivity contribution < 1.29 is 22.9 Å².